The number of amides is 1. The number of nitrogens with one attached hydrogen (secondary N) is 1. The van der Waals surface area contributed by atoms with Crippen molar-refractivity contribution in [1.82, 2.24) is 4.72 Å². The standard InChI is InChI=1S/C12H26O4S.C7H5NO3S.2Na.2H/c1-2-3-4-5-6-7-8-9-10-11-12-16-17(13,14)15;9-7-5-3-1-2-4-6(5)12(10,11)8-7;;;;/h2-12H2,1H3,(H,13,14,15);1-4H,(H,8,9);;;;. The van der Waals surface area contributed by atoms with Crippen molar-refractivity contribution in [2.45, 2.75) is 76.0 Å². The number of benzene rings is 1. The second kappa shape index (κ2) is 17.9. The Hall–Kier alpha value is 0.510. The van der Waals surface area contributed by atoms with Crippen LogP contribution in [0.15, 0.2) is 29.2 Å². The summed E-state index contributed by atoms with van der Waals surface area (Å²) in [5.41, 5.74) is 0.220. The quantitative estimate of drug-likeness (QED) is 0.258. The summed E-state index contributed by atoms with van der Waals surface area (Å²) >= 11 is 0. The van der Waals surface area contributed by atoms with Crippen molar-refractivity contribution >= 4 is 85.4 Å². The molecule has 0 saturated heterocycles. The van der Waals surface area contributed by atoms with Gasteiger partial charge in [-0.2, -0.15) is 8.42 Å². The molecule has 1 heterocycles. The van der Waals surface area contributed by atoms with Crippen LogP contribution in [0.1, 0.15) is 81.5 Å². The molecule has 0 spiro atoms. The summed E-state index contributed by atoms with van der Waals surface area (Å²) in [5.74, 6) is -0.550. The first-order chi connectivity index (χ1) is 13.7. The minimum absolute atomic E-state index is 0. The molecule has 0 aliphatic carbocycles. The van der Waals surface area contributed by atoms with Crippen LogP contribution in [0.25, 0.3) is 0 Å². The summed E-state index contributed by atoms with van der Waals surface area (Å²) in [6, 6.07) is 6.09. The molecule has 1 amide bonds. The molecular formula is C19H33NNa2O7S2. The van der Waals surface area contributed by atoms with E-state index in [0.717, 1.165) is 12.8 Å². The molecule has 1 aliphatic rings. The summed E-state index contributed by atoms with van der Waals surface area (Å²) in [6.07, 6.45) is 11.9. The normalized spacial score (nSPS) is 13.7. The maximum absolute atomic E-state index is 11.1. The average molecular weight is 498 g/mol. The Morgan fingerprint density at radius 3 is 1.87 bits per heavy atom. The van der Waals surface area contributed by atoms with Crippen LogP contribution >= 0.6 is 0 Å². The number of fused-ring (bicyclic) bond motifs is 1. The zero-order chi connectivity index (χ0) is 21.8. The van der Waals surface area contributed by atoms with E-state index in [0.29, 0.717) is 6.42 Å². The monoisotopic (exact) mass is 497 g/mol. The van der Waals surface area contributed by atoms with Crippen LogP contribution in [0.3, 0.4) is 0 Å². The van der Waals surface area contributed by atoms with Gasteiger partial charge in [-0.3, -0.25) is 9.35 Å². The van der Waals surface area contributed by atoms with Crippen molar-refractivity contribution in [3.8, 4) is 0 Å². The maximum atomic E-state index is 11.1. The van der Waals surface area contributed by atoms with Crippen molar-refractivity contribution in [1.29, 1.82) is 0 Å². The van der Waals surface area contributed by atoms with Crippen molar-refractivity contribution in [3.63, 3.8) is 0 Å². The van der Waals surface area contributed by atoms with Crippen LogP contribution in [0.4, 0.5) is 0 Å². The zero-order valence-electron chi connectivity index (χ0n) is 16.8. The molecule has 2 rings (SSSR count). The van der Waals surface area contributed by atoms with E-state index in [1.165, 1.54) is 57.1 Å². The van der Waals surface area contributed by atoms with Gasteiger partial charge in [0.1, 0.15) is 4.90 Å². The summed E-state index contributed by atoms with van der Waals surface area (Å²) in [6.45, 7) is 2.31. The summed E-state index contributed by atoms with van der Waals surface area (Å²) in [5, 5.41) is 0. The van der Waals surface area contributed by atoms with Gasteiger partial charge in [-0.1, -0.05) is 76.8 Å². The van der Waals surface area contributed by atoms with E-state index in [9.17, 15) is 21.6 Å². The predicted molar refractivity (Wildman–Crippen MR) is 125 cm³/mol. The number of hydrogen-bond acceptors (Lipinski definition) is 6. The van der Waals surface area contributed by atoms with Crippen LogP contribution in [0.2, 0.25) is 0 Å². The molecule has 0 radical (unpaired) electrons. The van der Waals surface area contributed by atoms with Crippen LogP contribution in [0, 0.1) is 0 Å². The molecule has 1 aliphatic heterocycles. The van der Waals surface area contributed by atoms with Gasteiger partial charge in [-0.15, -0.1) is 0 Å². The number of rotatable bonds is 12. The predicted octanol–water partition coefficient (Wildman–Crippen LogP) is 2.55. The average Bonchev–Trinajstić information content (AvgIpc) is 2.89. The van der Waals surface area contributed by atoms with Crippen molar-refractivity contribution < 1.29 is 30.4 Å². The first-order valence-electron chi connectivity index (χ1n) is 9.95. The number of carbonyl (C=O) groups is 1. The number of carbonyl (C=O) groups excluding carboxylic acids is 1. The molecule has 0 aromatic heterocycles. The van der Waals surface area contributed by atoms with Gasteiger partial charge in [0.05, 0.1) is 12.2 Å². The Morgan fingerprint density at radius 1 is 0.903 bits per heavy atom. The van der Waals surface area contributed by atoms with Gasteiger partial charge < -0.3 is 0 Å². The van der Waals surface area contributed by atoms with E-state index in [-0.39, 0.29) is 76.2 Å². The number of unbranched alkanes of at least 4 members (excludes halogenated alkanes) is 9. The molecule has 2 N–H and O–H groups in total. The van der Waals surface area contributed by atoms with E-state index < -0.39 is 26.3 Å². The van der Waals surface area contributed by atoms with Crippen LogP contribution in [-0.2, 0) is 24.6 Å². The molecule has 170 valence electrons. The molecule has 0 atom stereocenters. The van der Waals surface area contributed by atoms with Gasteiger partial charge in [0, 0.05) is 0 Å². The van der Waals surface area contributed by atoms with E-state index in [1.807, 2.05) is 4.72 Å². The van der Waals surface area contributed by atoms with E-state index in [2.05, 4.69) is 11.1 Å². The third-order valence-electron chi connectivity index (χ3n) is 4.38. The van der Waals surface area contributed by atoms with Crippen LogP contribution in [-0.4, -0.2) is 93.0 Å². The van der Waals surface area contributed by atoms with Gasteiger partial charge in [-0.05, 0) is 18.6 Å². The molecule has 0 unspecified atom stereocenters. The Balaban J connectivity index is 0. The third kappa shape index (κ3) is 15.1. The first kappa shape index (κ1) is 33.7. The van der Waals surface area contributed by atoms with Gasteiger partial charge in [0.15, 0.2) is 0 Å². The summed E-state index contributed by atoms with van der Waals surface area (Å²) in [7, 11) is -7.79. The third-order valence-corrected chi connectivity index (χ3v) is 6.23. The SMILES string of the molecule is CCCCCCCCCCCCOS(=O)(=O)O.O=C1NS(=O)(=O)c2ccccc21.[NaH].[NaH]. The minimum atomic E-state index is -4.23. The fraction of sp³-hybridized carbons (Fsp3) is 0.632. The second-order valence-electron chi connectivity index (χ2n) is 6.86. The van der Waals surface area contributed by atoms with Crippen LogP contribution < -0.4 is 4.72 Å². The van der Waals surface area contributed by atoms with E-state index >= 15 is 0 Å². The van der Waals surface area contributed by atoms with Gasteiger partial charge in [-0.25, -0.2) is 17.3 Å². The molecule has 0 bridgehead atoms. The Bertz CT molecular complexity index is 847. The molecule has 0 fully saturated rings. The molecule has 0 saturated carbocycles. The van der Waals surface area contributed by atoms with Gasteiger partial charge >= 0.3 is 69.5 Å². The molecule has 8 nitrogen and oxygen atoms in total. The topological polar surface area (TPSA) is 127 Å². The molecule has 31 heavy (non-hydrogen) atoms. The van der Waals surface area contributed by atoms with E-state index in [4.69, 9.17) is 4.55 Å². The number of sulfonamides is 1. The molecule has 1 aromatic carbocycles. The van der Waals surface area contributed by atoms with Crippen molar-refractivity contribution in [2.24, 2.45) is 0 Å². The van der Waals surface area contributed by atoms with Crippen molar-refractivity contribution in [3.05, 3.63) is 29.8 Å². The van der Waals surface area contributed by atoms with Crippen LogP contribution in [0.5, 0.6) is 0 Å². The summed E-state index contributed by atoms with van der Waals surface area (Å²) in [4.78, 5) is 11.1. The Labute approximate surface area is 230 Å². The fourth-order valence-corrected chi connectivity index (χ4v) is 4.37. The zero-order valence-corrected chi connectivity index (χ0v) is 18.4. The van der Waals surface area contributed by atoms with Crippen molar-refractivity contribution in [2.75, 3.05) is 6.61 Å². The molecular weight excluding hydrogens is 464 g/mol. The molecule has 12 heteroatoms. The van der Waals surface area contributed by atoms with E-state index in [1.54, 1.807) is 12.1 Å². The Morgan fingerprint density at radius 2 is 1.39 bits per heavy atom. The van der Waals surface area contributed by atoms with Gasteiger partial charge in [0.25, 0.3) is 15.9 Å². The first-order valence-corrected chi connectivity index (χ1v) is 12.8. The Kier molecular flexibility index (Phi) is 19.5. The summed E-state index contributed by atoms with van der Waals surface area (Å²) < 4.78 is 57.1. The second-order valence-corrected chi connectivity index (χ2v) is 9.60. The fourth-order valence-electron chi connectivity index (χ4n) is 2.87. The number of hydrogen-bond donors (Lipinski definition) is 2. The van der Waals surface area contributed by atoms with Gasteiger partial charge in [0.2, 0.25) is 0 Å². The molecule has 1 aromatic rings.